The van der Waals surface area contributed by atoms with Gasteiger partial charge in [0.15, 0.2) is 0 Å². The lowest BCUT2D eigenvalue weighted by molar-refractivity contribution is 0.627. The molecular formula is C14H14FN3S. The van der Waals surface area contributed by atoms with Gasteiger partial charge in [-0.05, 0) is 29.8 Å². The second-order valence-electron chi connectivity index (χ2n) is 4.22. The van der Waals surface area contributed by atoms with Crippen LogP contribution in [0.25, 0.3) is 0 Å². The molecule has 0 amide bonds. The largest absolute Gasteiger partial charge is 0.388 e. The molecule has 0 unspecified atom stereocenters. The molecule has 0 aliphatic carbocycles. The highest BCUT2D eigenvalue weighted by molar-refractivity contribution is 7.80. The van der Waals surface area contributed by atoms with Crippen LogP contribution in [0.2, 0.25) is 0 Å². The van der Waals surface area contributed by atoms with E-state index < -0.39 is 0 Å². The highest BCUT2D eigenvalue weighted by Crippen LogP contribution is 2.19. The summed E-state index contributed by atoms with van der Waals surface area (Å²) in [6.07, 6.45) is 1.66. The SMILES string of the molecule is CN(Cc1ccc(F)cc1)c1cccnc1C(N)=S. The number of nitrogens with two attached hydrogens (primary N) is 1. The van der Waals surface area contributed by atoms with Gasteiger partial charge in [-0.3, -0.25) is 4.98 Å². The molecule has 1 aromatic carbocycles. The van der Waals surface area contributed by atoms with Crippen molar-refractivity contribution >= 4 is 22.9 Å². The van der Waals surface area contributed by atoms with E-state index in [0.29, 0.717) is 12.2 Å². The summed E-state index contributed by atoms with van der Waals surface area (Å²) in [7, 11) is 1.92. The number of nitrogens with zero attached hydrogens (tertiary/aromatic N) is 2. The molecule has 0 atom stereocenters. The van der Waals surface area contributed by atoms with Crippen LogP contribution in [0.1, 0.15) is 11.3 Å². The monoisotopic (exact) mass is 275 g/mol. The van der Waals surface area contributed by atoms with Crippen molar-refractivity contribution in [3.63, 3.8) is 0 Å². The van der Waals surface area contributed by atoms with Crippen LogP contribution in [-0.4, -0.2) is 17.0 Å². The van der Waals surface area contributed by atoms with Gasteiger partial charge in [-0.1, -0.05) is 24.4 Å². The van der Waals surface area contributed by atoms with Crippen molar-refractivity contribution < 1.29 is 4.39 Å². The Bertz CT molecular complexity index is 583. The van der Waals surface area contributed by atoms with Gasteiger partial charge in [0.2, 0.25) is 0 Å². The topological polar surface area (TPSA) is 42.2 Å². The zero-order valence-electron chi connectivity index (χ0n) is 10.5. The number of rotatable bonds is 4. The van der Waals surface area contributed by atoms with Gasteiger partial charge in [0, 0.05) is 19.8 Å². The number of hydrogen-bond donors (Lipinski definition) is 1. The summed E-state index contributed by atoms with van der Waals surface area (Å²) >= 11 is 4.99. The Hall–Kier alpha value is -2.01. The minimum absolute atomic E-state index is 0.239. The maximum atomic E-state index is 12.9. The molecule has 3 nitrogen and oxygen atoms in total. The molecule has 0 saturated heterocycles. The molecule has 2 rings (SSSR count). The van der Waals surface area contributed by atoms with Gasteiger partial charge in [0.1, 0.15) is 16.5 Å². The van der Waals surface area contributed by atoms with Crippen molar-refractivity contribution in [3.8, 4) is 0 Å². The van der Waals surface area contributed by atoms with E-state index in [0.717, 1.165) is 11.3 Å². The van der Waals surface area contributed by atoms with Crippen LogP contribution < -0.4 is 10.6 Å². The number of anilines is 1. The second kappa shape index (κ2) is 5.75. The van der Waals surface area contributed by atoms with Gasteiger partial charge in [-0.2, -0.15) is 0 Å². The Morgan fingerprint density at radius 1 is 1.32 bits per heavy atom. The summed E-state index contributed by atoms with van der Waals surface area (Å²) in [5, 5.41) is 0. The van der Waals surface area contributed by atoms with Gasteiger partial charge in [0.25, 0.3) is 0 Å². The molecule has 0 fully saturated rings. The third kappa shape index (κ3) is 3.26. The molecule has 98 valence electrons. The van der Waals surface area contributed by atoms with Crippen molar-refractivity contribution in [2.24, 2.45) is 5.73 Å². The molecule has 0 aliphatic rings. The Morgan fingerprint density at radius 2 is 2.00 bits per heavy atom. The molecule has 2 N–H and O–H groups in total. The number of pyridine rings is 1. The van der Waals surface area contributed by atoms with Crippen LogP contribution in [0, 0.1) is 5.82 Å². The third-order valence-corrected chi connectivity index (χ3v) is 2.96. The number of halogens is 1. The quantitative estimate of drug-likeness (QED) is 0.871. The van der Waals surface area contributed by atoms with Crippen LogP contribution in [0.5, 0.6) is 0 Å². The fourth-order valence-corrected chi connectivity index (χ4v) is 2.00. The highest BCUT2D eigenvalue weighted by atomic mass is 32.1. The first-order valence-corrected chi connectivity index (χ1v) is 6.19. The van der Waals surface area contributed by atoms with Crippen molar-refractivity contribution in [1.29, 1.82) is 0 Å². The Labute approximate surface area is 116 Å². The Kier molecular flexibility index (Phi) is 4.06. The molecule has 0 radical (unpaired) electrons. The van der Waals surface area contributed by atoms with Gasteiger partial charge < -0.3 is 10.6 Å². The fraction of sp³-hybridized carbons (Fsp3) is 0.143. The fourth-order valence-electron chi connectivity index (χ4n) is 1.84. The minimum Gasteiger partial charge on any atom is -0.388 e. The van der Waals surface area contributed by atoms with Crippen molar-refractivity contribution in [2.45, 2.75) is 6.54 Å². The number of aromatic nitrogens is 1. The number of hydrogen-bond acceptors (Lipinski definition) is 3. The van der Waals surface area contributed by atoms with E-state index in [1.165, 1.54) is 12.1 Å². The number of thiocarbonyl (C=S) groups is 1. The summed E-state index contributed by atoms with van der Waals surface area (Å²) in [6, 6.07) is 10.1. The summed E-state index contributed by atoms with van der Waals surface area (Å²) in [6.45, 7) is 0.627. The molecule has 0 bridgehead atoms. The lowest BCUT2D eigenvalue weighted by Gasteiger charge is -2.21. The first-order chi connectivity index (χ1) is 9.08. The molecule has 5 heteroatoms. The summed E-state index contributed by atoms with van der Waals surface area (Å²) in [5.74, 6) is -0.239. The van der Waals surface area contributed by atoms with E-state index in [1.54, 1.807) is 18.3 Å². The second-order valence-corrected chi connectivity index (χ2v) is 4.66. The molecule has 19 heavy (non-hydrogen) atoms. The first kappa shape index (κ1) is 13.4. The van der Waals surface area contributed by atoms with E-state index in [-0.39, 0.29) is 10.8 Å². The Morgan fingerprint density at radius 3 is 2.63 bits per heavy atom. The molecule has 0 aliphatic heterocycles. The van der Waals surface area contributed by atoms with E-state index in [9.17, 15) is 4.39 Å². The lowest BCUT2D eigenvalue weighted by atomic mass is 10.2. The van der Waals surface area contributed by atoms with Crippen molar-refractivity contribution in [1.82, 2.24) is 4.98 Å². The normalized spacial score (nSPS) is 10.2. The summed E-state index contributed by atoms with van der Waals surface area (Å²) in [5.41, 5.74) is 8.12. The molecule has 0 saturated carbocycles. The zero-order chi connectivity index (χ0) is 13.8. The molecule has 2 aromatic rings. The lowest BCUT2D eigenvalue weighted by Crippen LogP contribution is -2.22. The average Bonchev–Trinajstić information content (AvgIpc) is 2.41. The van der Waals surface area contributed by atoms with Crippen LogP contribution >= 0.6 is 12.2 Å². The van der Waals surface area contributed by atoms with Crippen molar-refractivity contribution in [3.05, 3.63) is 59.7 Å². The predicted octanol–water partition coefficient (Wildman–Crippen LogP) is 2.49. The van der Waals surface area contributed by atoms with Gasteiger partial charge in [0.05, 0.1) is 5.69 Å². The van der Waals surface area contributed by atoms with Crippen LogP contribution in [0.4, 0.5) is 10.1 Å². The van der Waals surface area contributed by atoms with Gasteiger partial charge >= 0.3 is 0 Å². The molecule has 1 heterocycles. The summed E-state index contributed by atoms with van der Waals surface area (Å²) < 4.78 is 12.9. The third-order valence-electron chi connectivity index (χ3n) is 2.76. The van der Waals surface area contributed by atoms with E-state index >= 15 is 0 Å². The van der Waals surface area contributed by atoms with Crippen molar-refractivity contribution in [2.75, 3.05) is 11.9 Å². The van der Waals surface area contributed by atoms with Crippen LogP contribution in [0.3, 0.4) is 0 Å². The minimum atomic E-state index is -0.239. The van der Waals surface area contributed by atoms with Gasteiger partial charge in [-0.15, -0.1) is 0 Å². The van der Waals surface area contributed by atoms with E-state index in [1.807, 2.05) is 24.1 Å². The Balaban J connectivity index is 2.22. The number of benzene rings is 1. The molecule has 0 spiro atoms. The highest BCUT2D eigenvalue weighted by Gasteiger charge is 2.10. The predicted molar refractivity (Wildman–Crippen MR) is 78.6 cm³/mol. The van der Waals surface area contributed by atoms with E-state index in [4.69, 9.17) is 18.0 Å². The molecular weight excluding hydrogens is 261 g/mol. The first-order valence-electron chi connectivity index (χ1n) is 5.78. The average molecular weight is 275 g/mol. The van der Waals surface area contributed by atoms with Gasteiger partial charge in [-0.25, -0.2) is 4.39 Å². The molecule has 1 aromatic heterocycles. The maximum absolute atomic E-state index is 12.9. The maximum Gasteiger partial charge on any atom is 0.124 e. The summed E-state index contributed by atoms with van der Waals surface area (Å²) in [4.78, 5) is 6.43. The van der Waals surface area contributed by atoms with Crippen LogP contribution in [-0.2, 0) is 6.54 Å². The smallest absolute Gasteiger partial charge is 0.124 e. The standard InChI is InChI=1S/C14H14FN3S/c1-18(9-10-4-6-11(15)7-5-10)12-3-2-8-17-13(12)14(16)19/h2-8H,9H2,1H3,(H2,16,19). The van der Waals surface area contributed by atoms with E-state index in [2.05, 4.69) is 4.98 Å². The van der Waals surface area contributed by atoms with Crippen LogP contribution in [0.15, 0.2) is 42.6 Å². The zero-order valence-corrected chi connectivity index (χ0v) is 11.3.